The van der Waals surface area contributed by atoms with Crippen molar-refractivity contribution in [1.29, 1.82) is 0 Å². The van der Waals surface area contributed by atoms with Crippen LogP contribution in [-0.4, -0.2) is 79.6 Å². The van der Waals surface area contributed by atoms with Gasteiger partial charge in [-0.2, -0.15) is 0 Å². The predicted molar refractivity (Wildman–Crippen MR) is 143 cm³/mol. The van der Waals surface area contributed by atoms with E-state index < -0.39 is 92.8 Å². The number of allylic oxidation sites excluding steroid dienone is 1. The number of aliphatic hydroxyl groups is 3. The molecule has 40 heavy (non-hydrogen) atoms. The summed E-state index contributed by atoms with van der Waals surface area (Å²) in [6, 6.07) is 2.05. The second kappa shape index (κ2) is 9.17. The number of carbonyl (C=O) groups excluding carboxylic acids is 3. The minimum absolute atomic E-state index is 0.210. The number of ketones is 2. The molecule has 1 unspecified atom stereocenters. The van der Waals surface area contributed by atoms with Crippen LogP contribution < -0.4 is 5.73 Å². The number of aliphatic hydroxyl groups excluding tert-OH is 2. The van der Waals surface area contributed by atoms with E-state index in [-0.39, 0.29) is 16.9 Å². The fourth-order valence-corrected chi connectivity index (χ4v) is 7.15. The van der Waals surface area contributed by atoms with Crippen molar-refractivity contribution in [2.24, 2.45) is 29.4 Å². The third-order valence-electron chi connectivity index (χ3n) is 8.98. The Hall–Kier alpha value is -3.70. The van der Waals surface area contributed by atoms with E-state index in [0.717, 1.165) is 0 Å². The van der Waals surface area contributed by atoms with Gasteiger partial charge in [-0.25, -0.2) is 0 Å². The summed E-state index contributed by atoms with van der Waals surface area (Å²) in [6.07, 6.45) is 0. The maximum absolute atomic E-state index is 14.2. The lowest BCUT2D eigenvalue weighted by atomic mass is 9.51. The van der Waals surface area contributed by atoms with Crippen molar-refractivity contribution in [3.8, 4) is 5.75 Å². The standard InChI is InChI=1S/C29H36N2O9/c1-10-15-14(11(2)27(38)39)12-8-9-13(28(3,4)5)21(32)16(12)22(33)17(15)24(35)29(40)19(10)20(31(6)7)23(34)18(25(29)36)26(30)37/h8-11,14-15,19-20,32,34-35,40H,1-7H3,(H2,30,37)(H,38,39)/t10-,11?,14-,15+,19-,20-,29-/m0/s1. The number of carboxylic acid groups (broad SMARTS) is 1. The Bertz CT molecular complexity index is 1420. The van der Waals surface area contributed by atoms with Gasteiger partial charge in [-0.05, 0) is 31.0 Å². The summed E-state index contributed by atoms with van der Waals surface area (Å²) in [7, 11) is 3.06. The minimum Gasteiger partial charge on any atom is -0.510 e. The number of phenolic OH excluding ortho intramolecular Hbond substituents is 1. The van der Waals surface area contributed by atoms with Gasteiger partial charge in [-0.3, -0.25) is 24.1 Å². The van der Waals surface area contributed by atoms with Crippen molar-refractivity contribution in [2.45, 2.75) is 57.6 Å². The first-order valence-electron chi connectivity index (χ1n) is 13.1. The first kappa shape index (κ1) is 29.3. The zero-order chi connectivity index (χ0) is 30.4. The Balaban J connectivity index is 2.14. The van der Waals surface area contributed by atoms with Crippen LogP contribution in [0.1, 0.15) is 62.0 Å². The average molecular weight is 557 g/mol. The van der Waals surface area contributed by atoms with Crippen molar-refractivity contribution in [1.82, 2.24) is 4.90 Å². The van der Waals surface area contributed by atoms with E-state index in [0.29, 0.717) is 5.56 Å². The molecule has 1 aromatic rings. The third kappa shape index (κ3) is 3.71. The number of amides is 1. The molecule has 11 heteroatoms. The number of carbonyl (C=O) groups is 4. The molecule has 7 atom stereocenters. The van der Waals surface area contributed by atoms with Gasteiger partial charge >= 0.3 is 5.97 Å². The number of benzene rings is 1. The maximum atomic E-state index is 14.2. The number of hydrogen-bond acceptors (Lipinski definition) is 9. The highest BCUT2D eigenvalue weighted by atomic mass is 16.4. The fourth-order valence-electron chi connectivity index (χ4n) is 7.15. The van der Waals surface area contributed by atoms with E-state index in [2.05, 4.69) is 0 Å². The quantitative estimate of drug-likeness (QED) is 0.298. The number of primary amides is 1. The molecule has 3 aliphatic rings. The van der Waals surface area contributed by atoms with Crippen molar-refractivity contribution >= 4 is 23.4 Å². The number of phenols is 1. The van der Waals surface area contributed by atoms with E-state index in [1.54, 1.807) is 19.1 Å². The molecule has 11 nitrogen and oxygen atoms in total. The molecule has 0 spiro atoms. The van der Waals surface area contributed by atoms with Gasteiger partial charge in [-0.15, -0.1) is 0 Å². The summed E-state index contributed by atoms with van der Waals surface area (Å²) in [6.45, 7) is 8.51. The molecule has 0 aliphatic heterocycles. The number of aliphatic carboxylic acids is 1. The van der Waals surface area contributed by atoms with E-state index in [4.69, 9.17) is 5.73 Å². The molecule has 1 aromatic carbocycles. The SMILES string of the molecule is CC(C(=O)O)[C@H]1c2ccc(C(C)(C)C)c(O)c2C(=O)C2=C(O)[C@]3(O)C(=O)C(C(N)=O)=C(O)[C@@H](N(C)C)[C@@H]3[C@@H](C)[C@@H]21. The number of nitrogens with zero attached hydrogens (tertiary/aromatic N) is 1. The molecule has 0 bridgehead atoms. The van der Waals surface area contributed by atoms with Gasteiger partial charge in [0.15, 0.2) is 11.4 Å². The Morgan fingerprint density at radius 1 is 1.10 bits per heavy atom. The molecule has 0 heterocycles. The molecule has 216 valence electrons. The highest BCUT2D eigenvalue weighted by molar-refractivity contribution is 6.25. The van der Waals surface area contributed by atoms with Crippen LogP contribution in [0.2, 0.25) is 0 Å². The fraction of sp³-hybridized carbons (Fsp3) is 0.517. The highest BCUT2D eigenvalue weighted by Gasteiger charge is 2.67. The molecule has 0 saturated heterocycles. The zero-order valence-corrected chi connectivity index (χ0v) is 23.5. The summed E-state index contributed by atoms with van der Waals surface area (Å²) in [5.41, 5.74) is 1.11. The molecular formula is C29H36N2O9. The Labute approximate surface area is 231 Å². The number of hydrogen-bond donors (Lipinski definition) is 6. The monoisotopic (exact) mass is 556 g/mol. The van der Waals surface area contributed by atoms with Gasteiger partial charge in [0.2, 0.25) is 5.78 Å². The van der Waals surface area contributed by atoms with Crippen molar-refractivity contribution in [3.05, 3.63) is 51.5 Å². The van der Waals surface area contributed by atoms with Crippen LogP contribution in [0, 0.1) is 23.7 Å². The largest absolute Gasteiger partial charge is 0.510 e. The summed E-state index contributed by atoms with van der Waals surface area (Å²) in [4.78, 5) is 53.8. The van der Waals surface area contributed by atoms with Crippen molar-refractivity contribution < 1.29 is 44.7 Å². The molecule has 3 aliphatic carbocycles. The summed E-state index contributed by atoms with van der Waals surface area (Å²) < 4.78 is 0. The third-order valence-corrected chi connectivity index (χ3v) is 8.98. The second-order valence-electron chi connectivity index (χ2n) is 12.5. The zero-order valence-electron chi connectivity index (χ0n) is 23.5. The van der Waals surface area contributed by atoms with E-state index in [1.807, 2.05) is 20.8 Å². The van der Waals surface area contributed by atoms with Crippen LogP contribution in [0.25, 0.3) is 0 Å². The first-order valence-corrected chi connectivity index (χ1v) is 13.1. The molecule has 0 fully saturated rings. The van der Waals surface area contributed by atoms with Crippen LogP contribution in [-0.2, 0) is 19.8 Å². The van der Waals surface area contributed by atoms with Gasteiger partial charge in [-0.1, -0.05) is 46.8 Å². The van der Waals surface area contributed by atoms with Crippen molar-refractivity contribution in [3.63, 3.8) is 0 Å². The van der Waals surface area contributed by atoms with Crippen LogP contribution in [0.4, 0.5) is 0 Å². The number of nitrogens with two attached hydrogens (primary N) is 1. The number of Topliss-reactive ketones (excluding diaryl/α,β-unsaturated/α-hetero) is 2. The number of likely N-dealkylation sites (N-methyl/N-ethyl adjacent to an activating group) is 1. The number of aromatic hydroxyl groups is 1. The molecule has 7 N–H and O–H groups in total. The van der Waals surface area contributed by atoms with E-state index in [9.17, 15) is 44.7 Å². The number of rotatable bonds is 4. The van der Waals surface area contributed by atoms with Gasteiger partial charge in [0.1, 0.15) is 22.8 Å². The molecule has 0 radical (unpaired) electrons. The van der Waals surface area contributed by atoms with Crippen molar-refractivity contribution in [2.75, 3.05) is 14.1 Å². The van der Waals surface area contributed by atoms with Gasteiger partial charge in [0, 0.05) is 28.9 Å². The molecule has 0 saturated carbocycles. The lowest BCUT2D eigenvalue weighted by Gasteiger charge is -2.55. The summed E-state index contributed by atoms with van der Waals surface area (Å²) >= 11 is 0. The number of fused-ring (bicyclic) bond motifs is 3. The molecule has 4 rings (SSSR count). The van der Waals surface area contributed by atoms with Crippen LogP contribution >= 0.6 is 0 Å². The normalized spacial score (nSPS) is 31.1. The van der Waals surface area contributed by atoms with Gasteiger partial charge in [0.05, 0.1) is 17.5 Å². The smallest absolute Gasteiger partial charge is 0.306 e. The highest BCUT2D eigenvalue weighted by Crippen LogP contribution is 2.59. The van der Waals surface area contributed by atoms with E-state index >= 15 is 0 Å². The molecule has 1 amide bonds. The first-order chi connectivity index (χ1) is 18.3. The predicted octanol–water partition coefficient (Wildman–Crippen LogP) is 1.93. The lowest BCUT2D eigenvalue weighted by Crippen LogP contribution is -2.66. The molecule has 0 aromatic heterocycles. The number of carboxylic acids is 1. The maximum Gasteiger partial charge on any atom is 0.306 e. The van der Waals surface area contributed by atoms with Gasteiger partial charge < -0.3 is 31.3 Å². The Kier molecular flexibility index (Phi) is 6.71. The molecular weight excluding hydrogens is 520 g/mol. The van der Waals surface area contributed by atoms with Crippen LogP contribution in [0.3, 0.4) is 0 Å². The summed E-state index contributed by atoms with van der Waals surface area (Å²) in [5.74, 6) is -12.2. The second-order valence-corrected chi connectivity index (χ2v) is 12.5. The Morgan fingerprint density at radius 2 is 1.68 bits per heavy atom. The average Bonchev–Trinajstić information content (AvgIpc) is 2.82. The van der Waals surface area contributed by atoms with E-state index in [1.165, 1.54) is 25.9 Å². The lowest BCUT2D eigenvalue weighted by molar-refractivity contribution is -0.155. The topological polar surface area (TPSA) is 199 Å². The Morgan fingerprint density at radius 3 is 2.15 bits per heavy atom. The van der Waals surface area contributed by atoms with Crippen LogP contribution in [0.15, 0.2) is 34.8 Å². The van der Waals surface area contributed by atoms with Gasteiger partial charge in [0.25, 0.3) is 5.91 Å². The van der Waals surface area contributed by atoms with Crippen LogP contribution in [0.5, 0.6) is 5.75 Å². The summed E-state index contributed by atoms with van der Waals surface area (Å²) in [5, 5.41) is 56.1. The minimum atomic E-state index is -2.84.